The van der Waals surface area contributed by atoms with Gasteiger partial charge in [0.05, 0.1) is 12.3 Å². The maximum Gasteiger partial charge on any atom is 0.235 e. The maximum absolute atomic E-state index is 12.2. The van der Waals surface area contributed by atoms with Gasteiger partial charge in [-0.15, -0.1) is 0 Å². The van der Waals surface area contributed by atoms with E-state index in [1.165, 1.54) is 7.05 Å². The Bertz CT molecular complexity index is 568. The molecule has 0 fully saturated rings. The van der Waals surface area contributed by atoms with Crippen molar-refractivity contribution in [1.29, 1.82) is 0 Å². The zero-order chi connectivity index (χ0) is 16.0. The molecule has 0 aliphatic heterocycles. The molecule has 0 unspecified atom stereocenters. The number of benzene rings is 1. The average molecular weight is 313 g/mol. The van der Waals surface area contributed by atoms with E-state index in [-0.39, 0.29) is 18.2 Å². The SMILES string of the molecule is CC(C)CNC(=O)CN(C)S(=O)(=O)Cc1ccc(N)cc1. The number of hydrogen-bond acceptors (Lipinski definition) is 4. The third-order valence-electron chi connectivity index (χ3n) is 2.88. The van der Waals surface area contributed by atoms with Crippen LogP contribution in [0, 0.1) is 5.92 Å². The number of nitrogens with one attached hydrogen (secondary N) is 1. The number of hydrogen-bond donors (Lipinski definition) is 2. The second-order valence-electron chi connectivity index (χ2n) is 5.45. The summed E-state index contributed by atoms with van der Waals surface area (Å²) in [6, 6.07) is 6.64. The number of sulfonamides is 1. The van der Waals surface area contributed by atoms with Crippen LogP contribution in [0.15, 0.2) is 24.3 Å². The third-order valence-corrected chi connectivity index (χ3v) is 4.65. The summed E-state index contributed by atoms with van der Waals surface area (Å²) in [5, 5.41) is 2.69. The Kier molecular flexibility index (Phi) is 6.17. The molecule has 0 saturated carbocycles. The lowest BCUT2D eigenvalue weighted by Gasteiger charge is -2.17. The lowest BCUT2D eigenvalue weighted by atomic mass is 10.2. The Morgan fingerprint density at radius 3 is 2.38 bits per heavy atom. The van der Waals surface area contributed by atoms with Gasteiger partial charge in [0.2, 0.25) is 15.9 Å². The van der Waals surface area contributed by atoms with Crippen LogP contribution in [0.1, 0.15) is 19.4 Å². The molecule has 7 heteroatoms. The first-order valence-corrected chi connectivity index (χ1v) is 8.36. The molecule has 0 aromatic heterocycles. The molecular formula is C14H23N3O3S. The number of anilines is 1. The number of carbonyl (C=O) groups is 1. The molecule has 0 aliphatic carbocycles. The largest absolute Gasteiger partial charge is 0.399 e. The number of amides is 1. The van der Waals surface area contributed by atoms with Gasteiger partial charge < -0.3 is 11.1 Å². The summed E-state index contributed by atoms with van der Waals surface area (Å²) in [4.78, 5) is 11.7. The molecule has 0 atom stereocenters. The second kappa shape index (κ2) is 7.42. The molecule has 1 aromatic carbocycles. The molecule has 0 bridgehead atoms. The molecule has 1 rings (SSSR count). The van der Waals surface area contributed by atoms with Gasteiger partial charge in [-0.1, -0.05) is 26.0 Å². The predicted molar refractivity (Wildman–Crippen MR) is 84.0 cm³/mol. The molecule has 0 heterocycles. The molecule has 0 aliphatic rings. The van der Waals surface area contributed by atoms with Crippen LogP contribution in [0.4, 0.5) is 5.69 Å². The normalized spacial score (nSPS) is 11.9. The van der Waals surface area contributed by atoms with Crippen molar-refractivity contribution in [1.82, 2.24) is 9.62 Å². The molecule has 1 amide bonds. The molecule has 118 valence electrons. The van der Waals surface area contributed by atoms with Crippen molar-refractivity contribution in [3.63, 3.8) is 0 Å². The van der Waals surface area contributed by atoms with Gasteiger partial charge >= 0.3 is 0 Å². The van der Waals surface area contributed by atoms with Crippen LogP contribution in [-0.2, 0) is 20.6 Å². The van der Waals surface area contributed by atoms with Gasteiger partial charge in [0, 0.05) is 19.3 Å². The standard InChI is InChI=1S/C14H23N3O3S/c1-11(2)8-16-14(18)9-17(3)21(19,20)10-12-4-6-13(15)7-5-12/h4-7,11H,8-10,15H2,1-3H3,(H,16,18). The van der Waals surface area contributed by atoms with E-state index in [0.29, 0.717) is 23.7 Å². The molecular weight excluding hydrogens is 290 g/mol. The van der Waals surface area contributed by atoms with Crippen molar-refractivity contribution in [3.8, 4) is 0 Å². The lowest BCUT2D eigenvalue weighted by Crippen LogP contribution is -2.39. The fourth-order valence-corrected chi connectivity index (χ4v) is 2.76. The van der Waals surface area contributed by atoms with Crippen LogP contribution >= 0.6 is 0 Å². The van der Waals surface area contributed by atoms with E-state index in [9.17, 15) is 13.2 Å². The fourth-order valence-electron chi connectivity index (χ4n) is 1.61. The first-order valence-electron chi connectivity index (χ1n) is 6.76. The third kappa shape index (κ3) is 6.14. The van der Waals surface area contributed by atoms with Crippen LogP contribution in [0.5, 0.6) is 0 Å². The van der Waals surface area contributed by atoms with Crippen molar-refractivity contribution >= 4 is 21.6 Å². The van der Waals surface area contributed by atoms with Crippen LogP contribution in [0.2, 0.25) is 0 Å². The van der Waals surface area contributed by atoms with Gasteiger partial charge in [-0.2, -0.15) is 4.31 Å². The monoisotopic (exact) mass is 313 g/mol. The van der Waals surface area contributed by atoms with Crippen molar-refractivity contribution in [2.24, 2.45) is 5.92 Å². The maximum atomic E-state index is 12.2. The molecule has 0 spiro atoms. The zero-order valence-corrected chi connectivity index (χ0v) is 13.5. The van der Waals surface area contributed by atoms with E-state index in [0.717, 1.165) is 4.31 Å². The Balaban J connectivity index is 2.60. The van der Waals surface area contributed by atoms with Crippen LogP contribution in [-0.4, -0.2) is 38.8 Å². The van der Waals surface area contributed by atoms with Crippen LogP contribution < -0.4 is 11.1 Å². The van der Waals surface area contributed by atoms with Crippen molar-refractivity contribution in [3.05, 3.63) is 29.8 Å². The molecule has 0 radical (unpaired) electrons. The highest BCUT2D eigenvalue weighted by atomic mass is 32.2. The van der Waals surface area contributed by atoms with E-state index in [2.05, 4.69) is 5.32 Å². The van der Waals surface area contributed by atoms with Gasteiger partial charge in [0.1, 0.15) is 0 Å². The van der Waals surface area contributed by atoms with E-state index < -0.39 is 10.0 Å². The summed E-state index contributed by atoms with van der Waals surface area (Å²) in [6.45, 7) is 4.30. The minimum absolute atomic E-state index is 0.152. The van der Waals surface area contributed by atoms with Crippen molar-refractivity contribution in [2.75, 3.05) is 25.9 Å². The van der Waals surface area contributed by atoms with E-state index >= 15 is 0 Å². The zero-order valence-electron chi connectivity index (χ0n) is 12.7. The predicted octanol–water partition coefficient (Wildman–Crippen LogP) is 0.803. The topological polar surface area (TPSA) is 92.5 Å². The molecule has 6 nitrogen and oxygen atoms in total. The highest BCUT2D eigenvalue weighted by molar-refractivity contribution is 7.88. The number of likely N-dealkylation sites (N-methyl/N-ethyl adjacent to an activating group) is 1. The first kappa shape index (κ1) is 17.5. The smallest absolute Gasteiger partial charge is 0.235 e. The summed E-state index contributed by atoms with van der Waals surface area (Å²) >= 11 is 0. The quantitative estimate of drug-likeness (QED) is 0.728. The second-order valence-corrected chi connectivity index (χ2v) is 7.53. The lowest BCUT2D eigenvalue weighted by molar-refractivity contribution is -0.121. The fraction of sp³-hybridized carbons (Fsp3) is 0.500. The van der Waals surface area contributed by atoms with Gasteiger partial charge in [0.15, 0.2) is 0 Å². The van der Waals surface area contributed by atoms with Crippen molar-refractivity contribution in [2.45, 2.75) is 19.6 Å². The number of nitrogens with two attached hydrogens (primary N) is 1. The minimum Gasteiger partial charge on any atom is -0.399 e. The Morgan fingerprint density at radius 2 is 1.86 bits per heavy atom. The van der Waals surface area contributed by atoms with E-state index in [4.69, 9.17) is 5.73 Å². The minimum atomic E-state index is -3.53. The van der Waals surface area contributed by atoms with Crippen LogP contribution in [0.25, 0.3) is 0 Å². The summed E-state index contributed by atoms with van der Waals surface area (Å²) < 4.78 is 25.4. The molecule has 0 saturated heterocycles. The van der Waals surface area contributed by atoms with Crippen LogP contribution in [0.3, 0.4) is 0 Å². The average Bonchev–Trinajstić information content (AvgIpc) is 2.39. The van der Waals surface area contributed by atoms with Gasteiger partial charge in [-0.3, -0.25) is 4.79 Å². The van der Waals surface area contributed by atoms with Gasteiger partial charge in [-0.25, -0.2) is 8.42 Å². The summed E-state index contributed by atoms with van der Waals surface area (Å²) in [5.74, 6) is -0.126. The van der Waals surface area contributed by atoms with E-state index in [1.54, 1.807) is 24.3 Å². The highest BCUT2D eigenvalue weighted by Gasteiger charge is 2.21. The van der Waals surface area contributed by atoms with Gasteiger partial charge in [0.25, 0.3) is 0 Å². The summed E-state index contributed by atoms with van der Waals surface area (Å²) in [5.41, 5.74) is 6.78. The Labute approximate surface area is 126 Å². The van der Waals surface area contributed by atoms with E-state index in [1.807, 2.05) is 13.8 Å². The van der Waals surface area contributed by atoms with Crippen molar-refractivity contribution < 1.29 is 13.2 Å². The molecule has 1 aromatic rings. The summed E-state index contributed by atoms with van der Waals surface area (Å²) in [7, 11) is -2.12. The number of rotatable bonds is 7. The number of nitrogens with zero attached hydrogens (tertiary/aromatic N) is 1. The highest BCUT2D eigenvalue weighted by Crippen LogP contribution is 2.11. The first-order chi connectivity index (χ1) is 9.70. The Hall–Kier alpha value is -1.60. The number of nitrogen functional groups attached to an aromatic ring is 1. The van der Waals surface area contributed by atoms with Gasteiger partial charge in [-0.05, 0) is 23.6 Å². The number of carbonyl (C=O) groups excluding carboxylic acids is 1. The summed E-state index contributed by atoms with van der Waals surface area (Å²) in [6.07, 6.45) is 0. The molecule has 21 heavy (non-hydrogen) atoms. The molecule has 3 N–H and O–H groups in total. The Morgan fingerprint density at radius 1 is 1.29 bits per heavy atom.